The van der Waals surface area contributed by atoms with Crippen LogP contribution >= 0.6 is 0 Å². The molecule has 2 aromatic rings. The number of nitrogens with two attached hydrogens (primary N) is 4. The van der Waals surface area contributed by atoms with Gasteiger partial charge in [0.15, 0.2) is 0 Å². The minimum Gasteiger partial charge on any atom is -0.397 e. The van der Waals surface area contributed by atoms with Crippen LogP contribution in [0.4, 0.5) is 34.1 Å². The Kier molecular flexibility index (Phi) is 2.66. The van der Waals surface area contributed by atoms with Gasteiger partial charge >= 0.3 is 0 Å². The molecule has 5 nitrogen and oxygen atoms in total. The fraction of sp³-hybridized carbons (Fsp3) is 0. The molecule has 2 rings (SSSR count). The molecule has 0 atom stereocenters. The summed E-state index contributed by atoms with van der Waals surface area (Å²) in [6, 6.07) is 10.7. The van der Waals surface area contributed by atoms with Gasteiger partial charge in [0.05, 0.1) is 22.7 Å². The van der Waals surface area contributed by atoms with Gasteiger partial charge in [0, 0.05) is 11.4 Å². The highest BCUT2D eigenvalue weighted by atomic mass is 14.9. The zero-order valence-electron chi connectivity index (χ0n) is 9.27. The van der Waals surface area contributed by atoms with Gasteiger partial charge in [-0.1, -0.05) is 0 Å². The molecule has 0 aliphatic carbocycles. The van der Waals surface area contributed by atoms with Crippen LogP contribution in [0.3, 0.4) is 0 Å². The lowest BCUT2D eigenvalue weighted by Gasteiger charge is -2.10. The number of hydrogen-bond acceptors (Lipinski definition) is 5. The maximum Gasteiger partial charge on any atom is 0.0568 e. The molecule has 2 aromatic carbocycles. The average molecular weight is 229 g/mol. The second kappa shape index (κ2) is 4.13. The van der Waals surface area contributed by atoms with Gasteiger partial charge in [-0.3, -0.25) is 0 Å². The van der Waals surface area contributed by atoms with E-state index in [0.29, 0.717) is 22.7 Å². The third kappa shape index (κ3) is 2.34. The first kappa shape index (κ1) is 10.9. The Morgan fingerprint density at radius 3 is 1.35 bits per heavy atom. The summed E-state index contributed by atoms with van der Waals surface area (Å²) < 4.78 is 0. The van der Waals surface area contributed by atoms with Crippen molar-refractivity contribution in [3.8, 4) is 0 Å². The highest BCUT2D eigenvalue weighted by Crippen LogP contribution is 2.25. The van der Waals surface area contributed by atoms with E-state index in [1.807, 2.05) is 12.1 Å². The van der Waals surface area contributed by atoms with Crippen molar-refractivity contribution < 1.29 is 0 Å². The van der Waals surface area contributed by atoms with Crippen LogP contribution < -0.4 is 28.3 Å². The summed E-state index contributed by atoms with van der Waals surface area (Å²) in [5.41, 5.74) is 26.6. The molecule has 0 aliphatic rings. The van der Waals surface area contributed by atoms with Crippen molar-refractivity contribution in [2.24, 2.45) is 0 Å². The molecule has 88 valence electrons. The van der Waals surface area contributed by atoms with Gasteiger partial charge in [0.25, 0.3) is 0 Å². The van der Waals surface area contributed by atoms with Gasteiger partial charge in [-0.05, 0) is 36.4 Å². The van der Waals surface area contributed by atoms with E-state index < -0.39 is 0 Å². The molecular formula is C12H15N5. The Labute approximate surface area is 99.4 Å². The number of anilines is 6. The zero-order chi connectivity index (χ0) is 12.4. The van der Waals surface area contributed by atoms with Crippen LogP contribution in [0.1, 0.15) is 0 Å². The Morgan fingerprint density at radius 1 is 0.588 bits per heavy atom. The molecule has 0 unspecified atom stereocenters. The minimum absolute atomic E-state index is 0.540. The van der Waals surface area contributed by atoms with E-state index in [-0.39, 0.29) is 0 Å². The van der Waals surface area contributed by atoms with Gasteiger partial charge in [-0.25, -0.2) is 0 Å². The molecule has 0 spiro atoms. The first-order valence-electron chi connectivity index (χ1n) is 5.13. The smallest absolute Gasteiger partial charge is 0.0568 e. The lowest BCUT2D eigenvalue weighted by molar-refractivity contribution is 1.54. The molecule has 0 saturated carbocycles. The molecule has 0 aromatic heterocycles. The van der Waals surface area contributed by atoms with E-state index >= 15 is 0 Å². The Balaban J connectivity index is 2.25. The van der Waals surface area contributed by atoms with Gasteiger partial charge in [-0.2, -0.15) is 0 Å². The summed E-state index contributed by atoms with van der Waals surface area (Å²) >= 11 is 0. The van der Waals surface area contributed by atoms with E-state index in [1.165, 1.54) is 0 Å². The normalized spacial score (nSPS) is 10.1. The quantitative estimate of drug-likeness (QED) is 0.503. The first-order chi connectivity index (χ1) is 8.06. The van der Waals surface area contributed by atoms with Gasteiger partial charge in [-0.15, -0.1) is 0 Å². The molecule has 0 saturated heterocycles. The van der Waals surface area contributed by atoms with E-state index in [1.54, 1.807) is 24.3 Å². The molecule has 5 heteroatoms. The van der Waals surface area contributed by atoms with Gasteiger partial charge < -0.3 is 28.3 Å². The zero-order valence-corrected chi connectivity index (χ0v) is 9.27. The third-order valence-electron chi connectivity index (χ3n) is 2.46. The van der Waals surface area contributed by atoms with Crippen molar-refractivity contribution in [1.29, 1.82) is 0 Å². The van der Waals surface area contributed by atoms with Crippen LogP contribution in [-0.2, 0) is 0 Å². The fourth-order valence-corrected chi connectivity index (χ4v) is 1.47. The standard InChI is InChI=1S/C12H15N5/c13-9-3-1-7(5-11(9)15)17-8-2-4-10(14)12(16)6-8/h1-6,17H,13-16H2. The molecule has 0 radical (unpaired) electrons. The van der Waals surface area contributed by atoms with Crippen LogP contribution in [-0.4, -0.2) is 0 Å². The highest BCUT2D eigenvalue weighted by molar-refractivity contribution is 5.75. The van der Waals surface area contributed by atoms with Gasteiger partial charge in [0.2, 0.25) is 0 Å². The molecule has 0 fully saturated rings. The van der Waals surface area contributed by atoms with Crippen molar-refractivity contribution in [2.45, 2.75) is 0 Å². The monoisotopic (exact) mass is 229 g/mol. The van der Waals surface area contributed by atoms with Crippen LogP contribution in [0, 0.1) is 0 Å². The largest absolute Gasteiger partial charge is 0.397 e. The van der Waals surface area contributed by atoms with Crippen molar-refractivity contribution in [1.82, 2.24) is 0 Å². The summed E-state index contributed by atoms with van der Waals surface area (Å²) in [4.78, 5) is 0. The summed E-state index contributed by atoms with van der Waals surface area (Å²) in [7, 11) is 0. The van der Waals surface area contributed by atoms with E-state index in [4.69, 9.17) is 22.9 Å². The van der Waals surface area contributed by atoms with Gasteiger partial charge in [0.1, 0.15) is 0 Å². The summed E-state index contributed by atoms with van der Waals surface area (Å²) in [5.74, 6) is 0. The number of hydrogen-bond donors (Lipinski definition) is 5. The lowest BCUT2D eigenvalue weighted by Crippen LogP contribution is -1.98. The summed E-state index contributed by atoms with van der Waals surface area (Å²) in [6.07, 6.45) is 0. The van der Waals surface area contributed by atoms with Crippen LogP contribution in [0.25, 0.3) is 0 Å². The molecule has 0 amide bonds. The topological polar surface area (TPSA) is 116 Å². The third-order valence-corrected chi connectivity index (χ3v) is 2.46. The average Bonchev–Trinajstić information content (AvgIpc) is 2.29. The lowest BCUT2D eigenvalue weighted by atomic mass is 10.2. The molecule has 17 heavy (non-hydrogen) atoms. The number of nitrogen functional groups attached to an aromatic ring is 4. The van der Waals surface area contributed by atoms with Crippen molar-refractivity contribution in [3.05, 3.63) is 36.4 Å². The molecular weight excluding hydrogens is 214 g/mol. The highest BCUT2D eigenvalue weighted by Gasteiger charge is 2.00. The molecule has 9 N–H and O–H groups in total. The Hall–Kier alpha value is -2.56. The predicted octanol–water partition coefficient (Wildman–Crippen LogP) is 1.76. The van der Waals surface area contributed by atoms with E-state index in [2.05, 4.69) is 5.32 Å². The second-order valence-electron chi connectivity index (χ2n) is 3.81. The van der Waals surface area contributed by atoms with Crippen LogP contribution in [0.15, 0.2) is 36.4 Å². The molecule has 0 bridgehead atoms. The maximum atomic E-state index is 5.72. The maximum absolute atomic E-state index is 5.72. The second-order valence-corrected chi connectivity index (χ2v) is 3.81. The van der Waals surface area contributed by atoms with Crippen LogP contribution in [0.2, 0.25) is 0 Å². The van der Waals surface area contributed by atoms with Crippen molar-refractivity contribution in [3.63, 3.8) is 0 Å². The van der Waals surface area contributed by atoms with Crippen molar-refractivity contribution in [2.75, 3.05) is 28.3 Å². The number of nitrogens with one attached hydrogen (secondary N) is 1. The summed E-state index contributed by atoms with van der Waals surface area (Å²) in [5, 5.41) is 3.17. The van der Waals surface area contributed by atoms with E-state index in [0.717, 1.165) is 11.4 Å². The Morgan fingerprint density at radius 2 is 1.00 bits per heavy atom. The molecule has 0 aliphatic heterocycles. The molecule has 0 heterocycles. The number of rotatable bonds is 2. The summed E-state index contributed by atoms with van der Waals surface area (Å²) in [6.45, 7) is 0. The minimum atomic E-state index is 0.540. The number of benzene rings is 2. The first-order valence-corrected chi connectivity index (χ1v) is 5.13. The van der Waals surface area contributed by atoms with Crippen LogP contribution in [0.5, 0.6) is 0 Å². The predicted molar refractivity (Wildman–Crippen MR) is 73.8 cm³/mol. The van der Waals surface area contributed by atoms with Crippen molar-refractivity contribution >= 4 is 34.1 Å². The van der Waals surface area contributed by atoms with E-state index in [9.17, 15) is 0 Å². The Bertz CT molecular complexity index is 501. The fourth-order valence-electron chi connectivity index (χ4n) is 1.47. The SMILES string of the molecule is Nc1ccc(Nc2ccc(N)c(N)c2)cc1N.